The van der Waals surface area contributed by atoms with Crippen LogP contribution in [0.25, 0.3) is 0 Å². The third-order valence-corrected chi connectivity index (χ3v) is 5.96. The Balaban J connectivity index is 2.22. The van der Waals surface area contributed by atoms with E-state index in [1.807, 2.05) is 6.07 Å². The summed E-state index contributed by atoms with van der Waals surface area (Å²) in [5.41, 5.74) is 1.92. The van der Waals surface area contributed by atoms with Crippen molar-refractivity contribution in [3.63, 3.8) is 0 Å². The largest absolute Gasteiger partial charge is 0.478 e. The van der Waals surface area contributed by atoms with E-state index in [1.165, 1.54) is 57.2 Å². The number of ether oxygens (including phenoxy) is 1. The van der Waals surface area contributed by atoms with Gasteiger partial charge in [0.1, 0.15) is 6.20 Å². The number of carbonyl (C=O) groups is 2. The Morgan fingerprint density at radius 2 is 1.48 bits per heavy atom. The summed E-state index contributed by atoms with van der Waals surface area (Å²) >= 11 is 0. The second kappa shape index (κ2) is 15.2. The van der Waals surface area contributed by atoms with Crippen molar-refractivity contribution < 1.29 is 24.1 Å². The van der Waals surface area contributed by atoms with Crippen LogP contribution in [-0.2, 0) is 12.8 Å². The fourth-order valence-corrected chi connectivity index (χ4v) is 4.15. The summed E-state index contributed by atoms with van der Waals surface area (Å²) in [6.45, 7) is 4.39. The maximum absolute atomic E-state index is 13.0. The number of benzene rings is 1. The summed E-state index contributed by atoms with van der Waals surface area (Å²) in [4.78, 5) is 25.0. The van der Waals surface area contributed by atoms with Crippen molar-refractivity contribution in [1.29, 1.82) is 0 Å². The number of aromatic nitrogens is 2. The summed E-state index contributed by atoms with van der Waals surface area (Å²) in [6, 6.07) is 3.40. The van der Waals surface area contributed by atoms with Crippen LogP contribution in [-0.4, -0.2) is 27.4 Å². The van der Waals surface area contributed by atoms with Gasteiger partial charge in [0, 0.05) is 0 Å². The summed E-state index contributed by atoms with van der Waals surface area (Å²) in [5, 5.41) is 16.7. The molecule has 7 nitrogen and oxygen atoms in total. The Hall–Kier alpha value is -2.70. The number of carboxylic acid groups (broad SMARTS) is 1. The highest BCUT2D eigenvalue weighted by atomic mass is 16.6. The number of aryl methyl sites for hydroxylation is 1. The average Bonchev–Trinajstić information content (AvgIpc) is 3.31. The predicted molar refractivity (Wildman–Crippen MR) is 127 cm³/mol. The monoisotopic (exact) mass is 458 g/mol. The van der Waals surface area contributed by atoms with Crippen molar-refractivity contribution >= 4 is 11.9 Å². The zero-order valence-corrected chi connectivity index (χ0v) is 20.1. The molecule has 182 valence electrons. The number of nitrogens with zero attached hydrogens (tertiary/aromatic N) is 2. The topological polar surface area (TPSA) is 103 Å². The predicted octanol–water partition coefficient (Wildman–Crippen LogP) is 6.79. The van der Waals surface area contributed by atoms with Gasteiger partial charge in [-0.15, -0.1) is 0 Å². The van der Waals surface area contributed by atoms with Crippen molar-refractivity contribution in [1.82, 2.24) is 10.3 Å². The van der Waals surface area contributed by atoms with E-state index >= 15 is 0 Å². The second-order valence-corrected chi connectivity index (χ2v) is 8.60. The number of esters is 1. The van der Waals surface area contributed by atoms with Gasteiger partial charge in [-0.1, -0.05) is 89.3 Å². The van der Waals surface area contributed by atoms with Crippen molar-refractivity contribution in [3.05, 3.63) is 40.6 Å². The highest BCUT2D eigenvalue weighted by molar-refractivity contribution is 6.04. The number of carbonyl (C=O) groups excluding carboxylic acids is 1. The van der Waals surface area contributed by atoms with E-state index in [9.17, 15) is 14.7 Å². The normalized spacial score (nSPS) is 11.0. The van der Waals surface area contributed by atoms with E-state index in [1.54, 1.807) is 0 Å². The van der Waals surface area contributed by atoms with Crippen LogP contribution in [0.4, 0.5) is 0 Å². The van der Waals surface area contributed by atoms with Gasteiger partial charge in [-0.2, -0.15) is 0 Å². The van der Waals surface area contributed by atoms with Crippen LogP contribution in [0.1, 0.15) is 123 Å². The number of unbranched alkanes of at least 4 members (excludes halogenated alkanes) is 10. The molecule has 2 aromatic rings. The molecule has 0 bridgehead atoms. The molecule has 2 rings (SSSR count). The molecule has 7 heteroatoms. The first-order chi connectivity index (χ1) is 16.1. The van der Waals surface area contributed by atoms with Crippen molar-refractivity contribution in [2.75, 3.05) is 0 Å². The SMILES string of the molecule is CCCCCCCCc1ccc(C(=O)O)c(C(=O)Oc2cnon2)c1CCCCCCCC. The van der Waals surface area contributed by atoms with Crippen LogP contribution in [0.2, 0.25) is 0 Å². The minimum Gasteiger partial charge on any atom is -0.478 e. The van der Waals surface area contributed by atoms with E-state index in [4.69, 9.17) is 4.74 Å². The van der Waals surface area contributed by atoms with Gasteiger partial charge < -0.3 is 9.84 Å². The van der Waals surface area contributed by atoms with Crippen LogP contribution >= 0.6 is 0 Å². The van der Waals surface area contributed by atoms with Gasteiger partial charge in [0.2, 0.25) is 0 Å². The summed E-state index contributed by atoms with van der Waals surface area (Å²) in [7, 11) is 0. The molecule has 0 saturated carbocycles. The molecule has 33 heavy (non-hydrogen) atoms. The van der Waals surface area contributed by atoms with Gasteiger partial charge in [-0.05, 0) is 48.0 Å². The van der Waals surface area contributed by atoms with Crippen LogP contribution < -0.4 is 4.74 Å². The number of rotatable bonds is 17. The maximum Gasteiger partial charge on any atom is 0.346 e. The van der Waals surface area contributed by atoms with E-state index in [0.717, 1.165) is 49.7 Å². The third-order valence-electron chi connectivity index (χ3n) is 5.96. The zero-order chi connectivity index (χ0) is 23.9. The summed E-state index contributed by atoms with van der Waals surface area (Å²) < 4.78 is 9.78. The maximum atomic E-state index is 13.0. The highest BCUT2D eigenvalue weighted by Crippen LogP contribution is 2.26. The second-order valence-electron chi connectivity index (χ2n) is 8.60. The Kier molecular flexibility index (Phi) is 12.2. The van der Waals surface area contributed by atoms with Gasteiger partial charge in [-0.3, -0.25) is 0 Å². The first-order valence-electron chi connectivity index (χ1n) is 12.5. The molecule has 0 saturated heterocycles. The molecule has 0 fully saturated rings. The Bertz CT molecular complexity index is 849. The lowest BCUT2D eigenvalue weighted by molar-refractivity contribution is 0.0662. The molecule has 1 N–H and O–H groups in total. The molecular formula is C26H38N2O5. The van der Waals surface area contributed by atoms with E-state index < -0.39 is 11.9 Å². The van der Waals surface area contributed by atoms with Crippen LogP contribution in [0.15, 0.2) is 23.0 Å². The fourth-order valence-electron chi connectivity index (χ4n) is 4.15. The molecular weight excluding hydrogens is 420 g/mol. The molecule has 0 spiro atoms. The number of hydrogen-bond donors (Lipinski definition) is 1. The van der Waals surface area contributed by atoms with Gasteiger partial charge in [0.25, 0.3) is 5.88 Å². The summed E-state index contributed by atoms with van der Waals surface area (Å²) in [6.07, 6.45) is 16.4. The number of hydrogen-bond acceptors (Lipinski definition) is 6. The van der Waals surface area contributed by atoms with Gasteiger partial charge in [0.15, 0.2) is 0 Å². The van der Waals surface area contributed by atoms with Crippen molar-refractivity contribution in [2.45, 2.75) is 104 Å². The van der Waals surface area contributed by atoms with Gasteiger partial charge in [-0.25, -0.2) is 14.2 Å². The molecule has 0 radical (unpaired) electrons. The molecule has 0 amide bonds. The van der Waals surface area contributed by atoms with E-state index in [2.05, 4.69) is 28.8 Å². The quantitative estimate of drug-likeness (QED) is 0.205. The standard InChI is InChI=1S/C26H38N2O5/c1-3-5-7-9-11-13-15-20-17-18-22(25(29)30)24(26(31)32-23-19-27-33-28-23)21(20)16-14-12-10-8-6-4-2/h17-19H,3-16H2,1-2H3,(H,29,30). The fraction of sp³-hybridized carbons (Fsp3) is 0.615. The summed E-state index contributed by atoms with van der Waals surface area (Å²) in [5.74, 6) is -1.95. The first kappa shape index (κ1) is 26.6. The third kappa shape index (κ3) is 8.98. The van der Waals surface area contributed by atoms with Crippen molar-refractivity contribution in [3.8, 4) is 5.88 Å². The smallest absolute Gasteiger partial charge is 0.346 e. The molecule has 1 aromatic heterocycles. The lowest BCUT2D eigenvalue weighted by atomic mass is 9.89. The Morgan fingerprint density at radius 1 is 0.879 bits per heavy atom. The van der Waals surface area contributed by atoms with Crippen LogP contribution in [0.5, 0.6) is 5.88 Å². The lowest BCUT2D eigenvalue weighted by Gasteiger charge is -2.16. The van der Waals surface area contributed by atoms with Crippen LogP contribution in [0, 0.1) is 0 Å². The van der Waals surface area contributed by atoms with Crippen LogP contribution in [0.3, 0.4) is 0 Å². The molecule has 0 aliphatic carbocycles. The highest BCUT2D eigenvalue weighted by Gasteiger charge is 2.25. The minimum atomic E-state index is -1.14. The Labute approximate surface area is 196 Å². The molecule has 1 aromatic carbocycles. The van der Waals surface area contributed by atoms with Gasteiger partial charge >= 0.3 is 11.9 Å². The van der Waals surface area contributed by atoms with Gasteiger partial charge in [0.05, 0.1) is 11.1 Å². The molecule has 0 aliphatic heterocycles. The van der Waals surface area contributed by atoms with E-state index in [0.29, 0.717) is 6.42 Å². The molecule has 1 heterocycles. The first-order valence-corrected chi connectivity index (χ1v) is 12.5. The van der Waals surface area contributed by atoms with Crippen molar-refractivity contribution in [2.24, 2.45) is 0 Å². The van der Waals surface area contributed by atoms with E-state index in [-0.39, 0.29) is 17.0 Å². The lowest BCUT2D eigenvalue weighted by Crippen LogP contribution is -2.19. The molecule has 0 aliphatic rings. The average molecular weight is 459 g/mol. The molecule has 0 unspecified atom stereocenters. The molecule has 0 atom stereocenters. The number of aromatic carboxylic acids is 1. The number of carboxylic acids is 1. The minimum absolute atomic E-state index is 0.0378. The Morgan fingerprint density at radius 3 is 2.06 bits per heavy atom. The zero-order valence-electron chi connectivity index (χ0n) is 20.1.